The van der Waals surface area contributed by atoms with Crippen molar-refractivity contribution in [2.24, 2.45) is 0 Å². The summed E-state index contributed by atoms with van der Waals surface area (Å²) in [5, 5.41) is 3.57. The molecule has 0 unspecified atom stereocenters. The maximum atomic E-state index is 14.1. The molecule has 1 N–H and O–H groups in total. The van der Waals surface area contributed by atoms with E-state index in [2.05, 4.69) is 5.32 Å². The topological polar surface area (TPSA) is 58.6 Å². The van der Waals surface area contributed by atoms with E-state index < -0.39 is 29.9 Å². The predicted molar refractivity (Wildman–Crippen MR) is 136 cm³/mol. The molecule has 0 aromatic heterocycles. The number of benzene rings is 3. The van der Waals surface area contributed by atoms with Crippen molar-refractivity contribution >= 4 is 23.4 Å². The fraction of sp³-hybridized carbons (Fsp3) is 0.286. The van der Waals surface area contributed by atoms with Gasteiger partial charge >= 0.3 is 0 Å². The minimum Gasteiger partial charge on any atom is -0.481 e. The molecule has 3 rings (SSSR count). The molecule has 0 aliphatic heterocycles. The lowest BCUT2D eigenvalue weighted by molar-refractivity contribution is -0.143. The summed E-state index contributed by atoms with van der Waals surface area (Å²) in [5.41, 5.74) is 1.21. The minimum absolute atomic E-state index is 0.0222. The molecular weight excluding hydrogens is 467 g/mol. The number of para-hydroxylation sites is 1. The number of rotatable bonds is 9. The molecule has 184 valence electrons. The first-order valence-electron chi connectivity index (χ1n) is 11.4. The van der Waals surface area contributed by atoms with Gasteiger partial charge in [-0.1, -0.05) is 66.2 Å². The van der Waals surface area contributed by atoms with E-state index in [0.29, 0.717) is 11.4 Å². The van der Waals surface area contributed by atoms with Crippen LogP contribution in [0.25, 0.3) is 0 Å². The van der Waals surface area contributed by atoms with E-state index in [0.717, 1.165) is 11.1 Å². The van der Waals surface area contributed by atoms with Gasteiger partial charge in [-0.05, 0) is 56.2 Å². The van der Waals surface area contributed by atoms with Crippen LogP contribution in [0.2, 0.25) is 5.02 Å². The largest absolute Gasteiger partial charge is 0.481 e. The summed E-state index contributed by atoms with van der Waals surface area (Å²) in [6.45, 7) is 5.40. The second kappa shape index (κ2) is 11.8. The second-order valence-electron chi connectivity index (χ2n) is 9.31. The molecule has 0 bridgehead atoms. The highest BCUT2D eigenvalue weighted by Crippen LogP contribution is 2.19. The summed E-state index contributed by atoms with van der Waals surface area (Å²) in [7, 11) is 0. The Morgan fingerprint density at radius 1 is 0.943 bits per heavy atom. The summed E-state index contributed by atoms with van der Waals surface area (Å²) < 4.78 is 19.6. The van der Waals surface area contributed by atoms with E-state index >= 15 is 0 Å². The van der Waals surface area contributed by atoms with E-state index in [9.17, 15) is 14.0 Å². The molecular formula is C28H30ClFN2O3. The van der Waals surface area contributed by atoms with Gasteiger partial charge in [0.25, 0.3) is 5.91 Å². The highest BCUT2D eigenvalue weighted by molar-refractivity contribution is 6.30. The van der Waals surface area contributed by atoms with Gasteiger partial charge in [-0.25, -0.2) is 4.39 Å². The highest BCUT2D eigenvalue weighted by Gasteiger charge is 2.32. The van der Waals surface area contributed by atoms with E-state index in [1.165, 1.54) is 17.0 Å². The smallest absolute Gasteiger partial charge is 0.261 e. The van der Waals surface area contributed by atoms with Gasteiger partial charge in [-0.3, -0.25) is 9.59 Å². The van der Waals surface area contributed by atoms with E-state index in [1.54, 1.807) is 24.3 Å². The van der Waals surface area contributed by atoms with Crippen molar-refractivity contribution in [1.82, 2.24) is 10.2 Å². The van der Waals surface area contributed by atoms with Crippen LogP contribution in [0.15, 0.2) is 78.9 Å². The normalized spacial score (nSPS) is 12.0. The Hall–Kier alpha value is -3.38. The van der Waals surface area contributed by atoms with Gasteiger partial charge in [0.05, 0.1) is 0 Å². The van der Waals surface area contributed by atoms with Crippen LogP contribution in [-0.4, -0.2) is 34.9 Å². The Labute approximate surface area is 210 Å². The fourth-order valence-electron chi connectivity index (χ4n) is 3.58. The molecule has 0 heterocycles. The van der Waals surface area contributed by atoms with Gasteiger partial charge in [-0.15, -0.1) is 0 Å². The van der Waals surface area contributed by atoms with Crippen LogP contribution in [0, 0.1) is 5.82 Å². The highest BCUT2D eigenvalue weighted by atomic mass is 35.5. The van der Waals surface area contributed by atoms with Crippen molar-refractivity contribution in [2.75, 3.05) is 6.61 Å². The van der Waals surface area contributed by atoms with Crippen LogP contribution in [-0.2, 0) is 22.6 Å². The Morgan fingerprint density at radius 2 is 1.57 bits per heavy atom. The molecule has 3 aromatic carbocycles. The SMILES string of the molecule is CC(C)(C)NC(=O)[C@H](Cc1ccccc1)N(Cc1ccc(Cl)cc1)C(=O)COc1ccccc1F. The first kappa shape index (κ1) is 26.2. The van der Waals surface area contributed by atoms with Gasteiger partial charge in [0, 0.05) is 23.5 Å². The minimum atomic E-state index is -0.816. The van der Waals surface area contributed by atoms with Gasteiger partial charge in [0.15, 0.2) is 18.2 Å². The van der Waals surface area contributed by atoms with Crippen molar-refractivity contribution in [3.05, 3.63) is 101 Å². The van der Waals surface area contributed by atoms with Gasteiger partial charge in [0.2, 0.25) is 5.91 Å². The summed E-state index contributed by atoms with van der Waals surface area (Å²) in [5.74, 6) is -1.30. The molecule has 0 fully saturated rings. The van der Waals surface area contributed by atoms with E-state index in [4.69, 9.17) is 16.3 Å². The maximum Gasteiger partial charge on any atom is 0.261 e. The number of carbonyl (C=O) groups is 2. The zero-order chi connectivity index (χ0) is 25.4. The third-order valence-corrected chi connectivity index (χ3v) is 5.48. The third kappa shape index (κ3) is 8.11. The Bertz CT molecular complexity index is 1130. The molecule has 0 saturated carbocycles. The van der Waals surface area contributed by atoms with Crippen LogP contribution in [0.4, 0.5) is 4.39 Å². The van der Waals surface area contributed by atoms with Gasteiger partial charge in [-0.2, -0.15) is 0 Å². The number of nitrogens with one attached hydrogen (secondary N) is 1. The molecule has 2 amide bonds. The zero-order valence-electron chi connectivity index (χ0n) is 20.1. The van der Waals surface area contributed by atoms with Crippen molar-refractivity contribution in [3.8, 4) is 5.75 Å². The number of amides is 2. The van der Waals surface area contributed by atoms with Crippen molar-refractivity contribution in [2.45, 2.75) is 45.3 Å². The first-order chi connectivity index (χ1) is 16.6. The quantitative estimate of drug-likeness (QED) is 0.430. The molecule has 0 aliphatic carbocycles. The Balaban J connectivity index is 1.93. The molecule has 5 nitrogen and oxygen atoms in total. The number of halogens is 2. The lowest BCUT2D eigenvalue weighted by Crippen LogP contribution is -2.55. The average molecular weight is 497 g/mol. The zero-order valence-corrected chi connectivity index (χ0v) is 20.9. The molecule has 0 aliphatic rings. The van der Waals surface area contributed by atoms with Gasteiger partial charge < -0.3 is 15.0 Å². The van der Waals surface area contributed by atoms with Crippen LogP contribution in [0.3, 0.4) is 0 Å². The molecule has 3 aromatic rings. The molecule has 0 spiro atoms. The maximum absolute atomic E-state index is 14.1. The number of hydrogen-bond acceptors (Lipinski definition) is 3. The lowest BCUT2D eigenvalue weighted by atomic mass is 10.0. The second-order valence-corrected chi connectivity index (χ2v) is 9.75. The van der Waals surface area contributed by atoms with Crippen molar-refractivity contribution in [1.29, 1.82) is 0 Å². The molecule has 1 atom stereocenters. The number of ether oxygens (including phenoxy) is 1. The van der Waals surface area contributed by atoms with E-state index in [-0.39, 0.29) is 18.2 Å². The first-order valence-corrected chi connectivity index (χ1v) is 11.8. The molecule has 0 saturated heterocycles. The van der Waals surface area contributed by atoms with Gasteiger partial charge in [0.1, 0.15) is 6.04 Å². The lowest BCUT2D eigenvalue weighted by Gasteiger charge is -2.33. The monoisotopic (exact) mass is 496 g/mol. The predicted octanol–water partition coefficient (Wildman–Crippen LogP) is 5.41. The third-order valence-electron chi connectivity index (χ3n) is 5.22. The number of nitrogens with zero attached hydrogens (tertiary/aromatic N) is 1. The Morgan fingerprint density at radius 3 is 2.20 bits per heavy atom. The number of carbonyl (C=O) groups excluding carboxylic acids is 2. The summed E-state index contributed by atoms with van der Waals surface area (Å²) in [6.07, 6.45) is 0.307. The molecule has 7 heteroatoms. The number of hydrogen-bond donors (Lipinski definition) is 1. The summed E-state index contributed by atoms with van der Waals surface area (Å²) in [6, 6.07) is 21.7. The van der Waals surface area contributed by atoms with E-state index in [1.807, 2.05) is 63.2 Å². The summed E-state index contributed by atoms with van der Waals surface area (Å²) in [4.78, 5) is 28.4. The standard InChI is InChI=1S/C28H30ClFN2O3/c1-28(2,3)31-27(34)24(17-20-9-5-4-6-10-20)32(18-21-13-15-22(29)16-14-21)26(33)19-35-25-12-8-7-11-23(25)30/h4-16,24H,17-19H2,1-3H3,(H,31,34)/t24-/m0/s1. The van der Waals surface area contributed by atoms with Crippen molar-refractivity contribution in [3.63, 3.8) is 0 Å². The van der Waals surface area contributed by atoms with Crippen LogP contribution < -0.4 is 10.1 Å². The van der Waals surface area contributed by atoms with Crippen LogP contribution in [0.5, 0.6) is 5.75 Å². The van der Waals surface area contributed by atoms with Crippen molar-refractivity contribution < 1.29 is 18.7 Å². The Kier molecular flexibility index (Phi) is 8.88. The average Bonchev–Trinajstić information content (AvgIpc) is 2.81. The molecule has 35 heavy (non-hydrogen) atoms. The van der Waals surface area contributed by atoms with Crippen LogP contribution in [0.1, 0.15) is 31.9 Å². The fourth-order valence-corrected chi connectivity index (χ4v) is 3.70. The summed E-state index contributed by atoms with van der Waals surface area (Å²) >= 11 is 6.04. The van der Waals surface area contributed by atoms with Crippen LogP contribution >= 0.6 is 11.6 Å². The molecule has 0 radical (unpaired) electrons.